The second-order valence-corrected chi connectivity index (χ2v) is 6.47. The van der Waals surface area contributed by atoms with E-state index in [1.54, 1.807) is 0 Å². The molecule has 0 saturated heterocycles. The number of aromatic nitrogens is 1. The van der Waals surface area contributed by atoms with Gasteiger partial charge in [-0.05, 0) is 49.2 Å². The van der Waals surface area contributed by atoms with Crippen LogP contribution in [0.3, 0.4) is 0 Å². The number of hydrogen-bond acceptors (Lipinski definition) is 2. The maximum Gasteiger partial charge on any atom is 0.0584 e. The number of nitrogens with two attached hydrogens (primary N) is 1. The lowest BCUT2D eigenvalue weighted by Gasteiger charge is -2.16. The topological polar surface area (TPSA) is 43.3 Å². The number of benzene rings is 2. The highest BCUT2D eigenvalue weighted by molar-refractivity contribution is 5.98. The molecule has 0 aliphatic carbocycles. The molecule has 0 radical (unpaired) electrons. The van der Waals surface area contributed by atoms with Crippen LogP contribution in [0.2, 0.25) is 0 Å². The number of nitrogens with zero attached hydrogens (tertiary/aromatic N) is 2. The molecule has 0 fully saturated rings. The molecule has 3 nitrogen and oxygen atoms in total. The fourth-order valence-corrected chi connectivity index (χ4v) is 3.47. The molecule has 1 aliphatic heterocycles. The Morgan fingerprint density at radius 2 is 2.00 bits per heavy atom. The van der Waals surface area contributed by atoms with E-state index in [1.807, 2.05) is 24.5 Å². The molecule has 3 aromatic rings. The predicted molar refractivity (Wildman–Crippen MR) is 103 cm³/mol. The maximum atomic E-state index is 6.15. The Balaban J connectivity index is 1.98. The Kier molecular flexibility index (Phi) is 3.49. The molecule has 2 heterocycles. The Morgan fingerprint density at radius 1 is 1.12 bits per heavy atom. The van der Waals surface area contributed by atoms with Gasteiger partial charge in [0.1, 0.15) is 0 Å². The average Bonchev–Trinajstić information content (AvgIpc) is 2.96. The fourth-order valence-electron chi connectivity index (χ4n) is 3.47. The Hall–Kier alpha value is -2.81. The molecule has 2 N–H and O–H groups in total. The highest BCUT2D eigenvalue weighted by atomic mass is 15.0. The van der Waals surface area contributed by atoms with Crippen LogP contribution in [-0.2, 0) is 0 Å². The van der Waals surface area contributed by atoms with Crippen LogP contribution in [0.25, 0.3) is 22.0 Å². The minimum absolute atomic E-state index is 0.308. The van der Waals surface area contributed by atoms with E-state index in [0.717, 1.165) is 17.7 Å². The number of aryl methyl sites for hydroxylation is 1. The van der Waals surface area contributed by atoms with E-state index in [-0.39, 0.29) is 0 Å². The molecule has 1 aromatic heterocycles. The molecule has 0 spiro atoms. The molecule has 0 bridgehead atoms. The molecule has 2 aromatic carbocycles. The van der Waals surface area contributed by atoms with Crippen LogP contribution < -0.4 is 5.73 Å². The molecule has 0 amide bonds. The number of aliphatic imine (C=N–C) groups is 1. The summed E-state index contributed by atoms with van der Waals surface area (Å²) in [6.07, 6.45) is 9.22. The largest absolute Gasteiger partial charge is 0.398 e. The summed E-state index contributed by atoms with van der Waals surface area (Å²) in [6.45, 7) is 4.23. The Morgan fingerprint density at radius 3 is 2.79 bits per heavy atom. The van der Waals surface area contributed by atoms with Gasteiger partial charge in [0, 0.05) is 47.2 Å². The van der Waals surface area contributed by atoms with Crippen molar-refractivity contribution in [3.05, 3.63) is 66.0 Å². The van der Waals surface area contributed by atoms with Crippen LogP contribution in [-0.4, -0.2) is 10.8 Å². The minimum Gasteiger partial charge on any atom is -0.398 e. The first kappa shape index (κ1) is 14.8. The summed E-state index contributed by atoms with van der Waals surface area (Å²) < 4.78 is 2.36. The first-order valence-corrected chi connectivity index (χ1v) is 8.30. The zero-order valence-corrected chi connectivity index (χ0v) is 14.0. The zero-order chi connectivity index (χ0) is 16.7. The molecule has 0 saturated carbocycles. The lowest BCUT2D eigenvalue weighted by atomic mass is 9.98. The maximum absolute atomic E-state index is 6.15. The van der Waals surface area contributed by atoms with Crippen molar-refractivity contribution in [1.82, 2.24) is 4.57 Å². The molecule has 1 atom stereocenters. The van der Waals surface area contributed by atoms with Gasteiger partial charge in [0.2, 0.25) is 0 Å². The summed E-state index contributed by atoms with van der Waals surface area (Å²) >= 11 is 0. The average molecular weight is 315 g/mol. The highest BCUT2D eigenvalue weighted by Crippen LogP contribution is 2.37. The third kappa shape index (κ3) is 2.33. The molecule has 3 heteroatoms. The first-order chi connectivity index (χ1) is 11.6. The van der Waals surface area contributed by atoms with E-state index in [9.17, 15) is 0 Å². The molecule has 1 unspecified atom stereocenters. The summed E-state index contributed by atoms with van der Waals surface area (Å²) in [7, 11) is 0. The van der Waals surface area contributed by atoms with E-state index in [2.05, 4.69) is 59.9 Å². The van der Waals surface area contributed by atoms with Crippen molar-refractivity contribution in [1.29, 1.82) is 0 Å². The highest BCUT2D eigenvalue weighted by Gasteiger charge is 2.17. The number of nitrogen functional groups attached to an aromatic ring is 1. The molecule has 1 aliphatic rings. The van der Waals surface area contributed by atoms with Gasteiger partial charge in [0.05, 0.1) is 6.04 Å². The third-order valence-corrected chi connectivity index (χ3v) is 4.86. The van der Waals surface area contributed by atoms with Crippen molar-refractivity contribution in [2.24, 2.45) is 4.99 Å². The van der Waals surface area contributed by atoms with Crippen molar-refractivity contribution >= 4 is 22.8 Å². The van der Waals surface area contributed by atoms with E-state index < -0.39 is 0 Å². The number of anilines is 1. The van der Waals surface area contributed by atoms with Crippen LogP contribution in [0.5, 0.6) is 0 Å². The van der Waals surface area contributed by atoms with Gasteiger partial charge < -0.3 is 10.3 Å². The Bertz CT molecular complexity index is 976. The van der Waals surface area contributed by atoms with Gasteiger partial charge in [-0.3, -0.25) is 4.99 Å². The van der Waals surface area contributed by atoms with Crippen molar-refractivity contribution in [2.75, 3.05) is 5.73 Å². The number of allylic oxidation sites excluding steroid dienone is 1. The molecular weight excluding hydrogens is 294 g/mol. The minimum atomic E-state index is 0.308. The van der Waals surface area contributed by atoms with Crippen LogP contribution in [0.4, 0.5) is 5.69 Å². The summed E-state index contributed by atoms with van der Waals surface area (Å²) in [6, 6.07) is 13.1. The number of fused-ring (bicyclic) bond motifs is 1. The van der Waals surface area contributed by atoms with Crippen LogP contribution >= 0.6 is 0 Å². The van der Waals surface area contributed by atoms with Crippen LogP contribution in [0, 0.1) is 13.8 Å². The van der Waals surface area contributed by atoms with Crippen molar-refractivity contribution < 1.29 is 0 Å². The standard InChI is InChI=1S/C21H21N3/c1-14-6-7-21-18(12-14)19(17-4-3-5-20(22)15(17)2)13-24(21)16-8-10-23-11-9-16/h3-8,10-13,16H,9,22H2,1-2H3. The van der Waals surface area contributed by atoms with E-state index in [1.165, 1.54) is 27.6 Å². The second-order valence-electron chi connectivity index (χ2n) is 6.47. The molecule has 120 valence electrons. The van der Waals surface area contributed by atoms with E-state index in [0.29, 0.717) is 6.04 Å². The third-order valence-electron chi connectivity index (χ3n) is 4.86. The first-order valence-electron chi connectivity index (χ1n) is 8.30. The summed E-state index contributed by atoms with van der Waals surface area (Å²) in [4.78, 5) is 4.20. The number of rotatable bonds is 2. The normalized spacial score (nSPS) is 16.8. The number of hydrogen-bond donors (Lipinski definition) is 1. The van der Waals surface area contributed by atoms with Crippen LogP contribution in [0.15, 0.2) is 59.9 Å². The quantitative estimate of drug-likeness (QED) is 0.662. The lowest BCUT2D eigenvalue weighted by Crippen LogP contribution is -2.07. The van der Waals surface area contributed by atoms with Gasteiger partial charge in [0.25, 0.3) is 0 Å². The smallest absolute Gasteiger partial charge is 0.0584 e. The predicted octanol–water partition coefficient (Wildman–Crippen LogP) is 5.04. The summed E-state index contributed by atoms with van der Waals surface area (Å²) in [5.41, 5.74) is 13.1. The van der Waals surface area contributed by atoms with Gasteiger partial charge in [-0.15, -0.1) is 0 Å². The Labute approximate surface area is 142 Å². The van der Waals surface area contributed by atoms with Crippen molar-refractivity contribution in [3.63, 3.8) is 0 Å². The SMILES string of the molecule is Cc1ccc2c(c1)c(-c1cccc(N)c1C)cn2C1C=CN=CC1. The van der Waals surface area contributed by atoms with E-state index in [4.69, 9.17) is 5.73 Å². The fraction of sp³-hybridized carbons (Fsp3) is 0.190. The van der Waals surface area contributed by atoms with Gasteiger partial charge in [-0.25, -0.2) is 0 Å². The molecule has 24 heavy (non-hydrogen) atoms. The second kappa shape index (κ2) is 5.68. The summed E-state index contributed by atoms with van der Waals surface area (Å²) in [5, 5.41) is 1.28. The van der Waals surface area contributed by atoms with Crippen LogP contribution in [0.1, 0.15) is 23.6 Å². The van der Waals surface area contributed by atoms with Gasteiger partial charge >= 0.3 is 0 Å². The van der Waals surface area contributed by atoms with E-state index >= 15 is 0 Å². The van der Waals surface area contributed by atoms with Gasteiger partial charge in [0.15, 0.2) is 0 Å². The monoisotopic (exact) mass is 315 g/mol. The van der Waals surface area contributed by atoms with Crippen molar-refractivity contribution in [2.45, 2.75) is 26.3 Å². The van der Waals surface area contributed by atoms with Gasteiger partial charge in [-0.1, -0.05) is 23.8 Å². The molecule has 4 rings (SSSR count). The summed E-state index contributed by atoms with van der Waals surface area (Å²) in [5.74, 6) is 0. The van der Waals surface area contributed by atoms with Crippen molar-refractivity contribution in [3.8, 4) is 11.1 Å². The lowest BCUT2D eigenvalue weighted by molar-refractivity contribution is 0.648. The zero-order valence-electron chi connectivity index (χ0n) is 14.0. The van der Waals surface area contributed by atoms with Gasteiger partial charge in [-0.2, -0.15) is 0 Å². The molecular formula is C21H21N3.